The van der Waals surface area contributed by atoms with Gasteiger partial charge in [0.15, 0.2) is 17.6 Å². The van der Waals surface area contributed by atoms with Crippen molar-refractivity contribution >= 4 is 0 Å². The molecule has 0 radical (unpaired) electrons. The van der Waals surface area contributed by atoms with Gasteiger partial charge in [0.2, 0.25) is 5.75 Å². The summed E-state index contributed by atoms with van der Waals surface area (Å²) < 4.78 is 24.6. The molecule has 0 N–H and O–H groups in total. The molecule has 1 spiro atoms. The van der Waals surface area contributed by atoms with E-state index in [0.29, 0.717) is 18.4 Å². The van der Waals surface area contributed by atoms with Crippen molar-refractivity contribution in [3.63, 3.8) is 0 Å². The number of rotatable bonds is 5. The topological polar surface area (TPSA) is 40.2 Å². The van der Waals surface area contributed by atoms with Gasteiger partial charge in [0.25, 0.3) is 0 Å². The lowest BCUT2D eigenvalue weighted by Gasteiger charge is -2.52. The molecule has 2 aliphatic heterocycles. The molecule has 2 aliphatic carbocycles. The highest BCUT2D eigenvalue weighted by molar-refractivity contribution is 5.71. The van der Waals surface area contributed by atoms with E-state index < -0.39 is 0 Å². The molecule has 160 valence electrons. The van der Waals surface area contributed by atoms with Crippen LogP contribution in [0, 0.1) is 0 Å². The van der Waals surface area contributed by atoms with Crippen LogP contribution < -0.4 is 14.2 Å². The van der Waals surface area contributed by atoms with E-state index in [1.807, 2.05) is 18.2 Å². The minimum Gasteiger partial charge on any atom is -0.497 e. The van der Waals surface area contributed by atoms with Crippen LogP contribution in [0.2, 0.25) is 0 Å². The van der Waals surface area contributed by atoms with Gasteiger partial charge in [-0.2, -0.15) is 0 Å². The van der Waals surface area contributed by atoms with E-state index in [-0.39, 0.29) is 11.5 Å². The van der Waals surface area contributed by atoms with Crippen LogP contribution in [0.25, 0.3) is 0 Å². The maximum absolute atomic E-state index is 6.67. The van der Waals surface area contributed by atoms with Gasteiger partial charge in [0.1, 0.15) is 12.4 Å². The number of likely N-dealkylation sites (tertiary alicyclic amines) is 1. The summed E-state index contributed by atoms with van der Waals surface area (Å²) in [5, 5.41) is 0. The zero-order valence-corrected chi connectivity index (χ0v) is 18.2. The number of allylic oxidation sites excluding steroid dienone is 2. The zero-order valence-electron chi connectivity index (χ0n) is 18.2. The lowest BCUT2D eigenvalue weighted by molar-refractivity contribution is 0.0734. The lowest BCUT2D eigenvalue weighted by atomic mass is 9.57. The fourth-order valence-electron chi connectivity index (χ4n) is 6.02. The number of hydrogen-bond donors (Lipinski definition) is 0. The van der Waals surface area contributed by atoms with E-state index in [1.54, 1.807) is 14.2 Å². The highest BCUT2D eigenvalue weighted by Gasteiger charge is 2.62. The molecule has 4 aliphatic rings. The van der Waals surface area contributed by atoms with Crippen molar-refractivity contribution in [2.45, 2.75) is 37.0 Å². The summed E-state index contributed by atoms with van der Waals surface area (Å²) in [6, 6.07) is 12.8. The second-order valence-electron chi connectivity index (χ2n) is 8.86. The normalized spacial score (nSPS) is 27.6. The highest BCUT2D eigenvalue weighted by atomic mass is 16.6. The van der Waals surface area contributed by atoms with Crippen LogP contribution in [0.3, 0.4) is 0 Å². The summed E-state index contributed by atoms with van der Waals surface area (Å²) in [6.45, 7) is 1.52. The lowest BCUT2D eigenvalue weighted by Crippen LogP contribution is -2.58. The molecule has 31 heavy (non-hydrogen) atoms. The average molecular weight is 418 g/mol. The number of hydrogen-bond acceptors (Lipinski definition) is 5. The Labute approximate surface area is 182 Å². The Morgan fingerprint density at radius 3 is 2.74 bits per heavy atom. The first-order chi connectivity index (χ1) is 15.2. The molecule has 5 heteroatoms. The first-order valence-electron chi connectivity index (χ1n) is 10.9. The summed E-state index contributed by atoms with van der Waals surface area (Å²) in [5.41, 5.74) is 4.97. The van der Waals surface area contributed by atoms with Gasteiger partial charge in [0, 0.05) is 11.6 Å². The Morgan fingerprint density at radius 2 is 1.97 bits per heavy atom. The molecule has 1 fully saturated rings. The third-order valence-electron chi connectivity index (χ3n) is 7.45. The molecule has 0 unspecified atom stereocenters. The molecule has 6 rings (SSSR count). The van der Waals surface area contributed by atoms with E-state index in [1.165, 1.54) is 16.7 Å². The zero-order chi connectivity index (χ0) is 21.2. The third kappa shape index (κ3) is 2.47. The van der Waals surface area contributed by atoms with Gasteiger partial charge in [-0.05, 0) is 55.3 Å². The van der Waals surface area contributed by atoms with Crippen LogP contribution in [-0.4, -0.2) is 44.9 Å². The van der Waals surface area contributed by atoms with Gasteiger partial charge in [-0.25, -0.2) is 0 Å². The third-order valence-corrected chi connectivity index (χ3v) is 7.45. The van der Waals surface area contributed by atoms with Gasteiger partial charge < -0.3 is 18.9 Å². The number of methoxy groups -OCH3 is 2. The quantitative estimate of drug-likeness (QED) is 0.735. The molecule has 3 atom stereocenters. The van der Waals surface area contributed by atoms with Gasteiger partial charge in [-0.15, -0.1) is 0 Å². The molecule has 0 aromatic heterocycles. The standard InChI is InChI=1S/C26H27NO4/c1-27-12-11-26-18-9-10-20(28-2)25(26)31-24-22(26)17(13-19(18)27)14-21(23(24)29-3)30-15-16-7-5-4-6-8-16/h4-10,14,19,25H,11-13,15H2,1-3H3/t19-,25+,26+/m1/s1. The van der Waals surface area contributed by atoms with Crippen LogP contribution in [0.5, 0.6) is 17.2 Å². The maximum Gasteiger partial charge on any atom is 0.203 e. The number of likely N-dealkylation sites (N-methyl/N-ethyl adjacent to an activating group) is 1. The smallest absolute Gasteiger partial charge is 0.203 e. The minimum atomic E-state index is -0.175. The number of benzene rings is 2. The monoisotopic (exact) mass is 417 g/mol. The second-order valence-corrected chi connectivity index (χ2v) is 8.86. The van der Waals surface area contributed by atoms with E-state index in [9.17, 15) is 0 Å². The maximum atomic E-state index is 6.67. The van der Waals surface area contributed by atoms with Crippen molar-refractivity contribution in [3.05, 3.63) is 76.6 Å². The SMILES string of the molecule is COC1=CC=C2[C@H]3Cc4cc(OCc5ccccc5)c(OC)c5c4[C@@]2(CCN3C)[C@H]1O5. The van der Waals surface area contributed by atoms with E-state index in [2.05, 4.69) is 42.3 Å². The summed E-state index contributed by atoms with van der Waals surface area (Å²) in [4.78, 5) is 2.47. The van der Waals surface area contributed by atoms with Gasteiger partial charge in [-0.3, -0.25) is 4.90 Å². The van der Waals surface area contributed by atoms with Gasteiger partial charge in [-0.1, -0.05) is 36.4 Å². The van der Waals surface area contributed by atoms with Crippen molar-refractivity contribution in [2.24, 2.45) is 0 Å². The Kier molecular flexibility index (Phi) is 4.12. The fourth-order valence-corrected chi connectivity index (χ4v) is 6.02. The van der Waals surface area contributed by atoms with Crippen molar-refractivity contribution in [2.75, 3.05) is 27.8 Å². The van der Waals surface area contributed by atoms with Crippen LogP contribution >= 0.6 is 0 Å². The molecular formula is C26H27NO4. The molecule has 5 nitrogen and oxygen atoms in total. The Hall–Kier alpha value is -2.92. The molecule has 2 bridgehead atoms. The first-order valence-corrected chi connectivity index (χ1v) is 10.9. The average Bonchev–Trinajstić information content (AvgIpc) is 3.15. The Morgan fingerprint density at radius 1 is 1.13 bits per heavy atom. The highest BCUT2D eigenvalue weighted by Crippen LogP contribution is 2.64. The van der Waals surface area contributed by atoms with Crippen molar-refractivity contribution < 1.29 is 18.9 Å². The molecule has 2 aromatic carbocycles. The predicted molar refractivity (Wildman–Crippen MR) is 118 cm³/mol. The first kappa shape index (κ1) is 18.8. The molecule has 1 saturated heterocycles. The number of ether oxygens (including phenoxy) is 4. The molecule has 0 amide bonds. The summed E-state index contributed by atoms with van der Waals surface area (Å²) >= 11 is 0. The van der Waals surface area contributed by atoms with E-state index in [0.717, 1.165) is 42.2 Å². The van der Waals surface area contributed by atoms with E-state index >= 15 is 0 Å². The number of piperidine rings is 1. The summed E-state index contributed by atoms with van der Waals surface area (Å²) in [6.07, 6.45) is 6.15. The van der Waals surface area contributed by atoms with Gasteiger partial charge in [0.05, 0.1) is 19.6 Å². The summed E-state index contributed by atoms with van der Waals surface area (Å²) in [7, 11) is 5.65. The molecule has 2 aromatic rings. The van der Waals surface area contributed by atoms with Crippen LogP contribution in [0.1, 0.15) is 23.1 Å². The number of nitrogens with zero attached hydrogens (tertiary/aromatic N) is 1. The largest absolute Gasteiger partial charge is 0.497 e. The minimum absolute atomic E-state index is 0.152. The molecule has 2 heterocycles. The van der Waals surface area contributed by atoms with E-state index in [4.69, 9.17) is 18.9 Å². The van der Waals surface area contributed by atoms with Crippen LogP contribution in [0.15, 0.2) is 59.9 Å². The van der Waals surface area contributed by atoms with Crippen molar-refractivity contribution in [1.29, 1.82) is 0 Å². The second kappa shape index (κ2) is 6.79. The predicted octanol–water partition coefficient (Wildman–Crippen LogP) is 4.00. The summed E-state index contributed by atoms with van der Waals surface area (Å²) in [5.74, 6) is 3.13. The van der Waals surface area contributed by atoms with Crippen molar-refractivity contribution in [1.82, 2.24) is 4.90 Å². The van der Waals surface area contributed by atoms with Gasteiger partial charge >= 0.3 is 0 Å². The Balaban J connectivity index is 1.50. The fraction of sp³-hybridized carbons (Fsp3) is 0.385. The van der Waals surface area contributed by atoms with Crippen molar-refractivity contribution in [3.8, 4) is 17.2 Å². The molecule has 0 saturated carbocycles. The Bertz CT molecular complexity index is 1110. The molecular weight excluding hydrogens is 390 g/mol. The van der Waals surface area contributed by atoms with Crippen LogP contribution in [-0.2, 0) is 23.2 Å². The van der Waals surface area contributed by atoms with Crippen LogP contribution in [0.4, 0.5) is 0 Å².